The second-order valence-electron chi connectivity index (χ2n) is 3.92. The van der Waals surface area contributed by atoms with Gasteiger partial charge in [-0.1, -0.05) is 40.9 Å². The highest BCUT2D eigenvalue weighted by molar-refractivity contribution is 6.37. The molecule has 0 amide bonds. The second-order valence-corrected chi connectivity index (χ2v) is 5.14. The zero-order valence-electron chi connectivity index (χ0n) is 10.00. The Morgan fingerprint density at radius 2 is 1.75 bits per heavy atom. The molecule has 0 radical (unpaired) electrons. The summed E-state index contributed by atoms with van der Waals surface area (Å²) in [5.41, 5.74) is 0.539. The summed E-state index contributed by atoms with van der Waals surface area (Å²) in [4.78, 5) is 10.7. The van der Waals surface area contributed by atoms with Crippen molar-refractivity contribution < 1.29 is 13.9 Å². The van der Waals surface area contributed by atoms with E-state index in [0.717, 1.165) is 0 Å². The van der Waals surface area contributed by atoms with Crippen LogP contribution >= 0.6 is 34.8 Å². The summed E-state index contributed by atoms with van der Waals surface area (Å²) in [5.74, 6) is -0.299. The van der Waals surface area contributed by atoms with E-state index in [9.17, 15) is 9.18 Å². The first kappa shape index (κ1) is 15.1. The van der Waals surface area contributed by atoms with E-state index in [1.165, 1.54) is 24.3 Å². The number of carbonyl (C=O) groups is 1. The standard InChI is InChI=1S/C14H8Cl3FO2/c15-10-2-1-3-13(18)9(10)7-20-14-11(16)4-8(6-19)5-12(14)17/h1-6H,7H2. The van der Waals surface area contributed by atoms with Gasteiger partial charge in [0, 0.05) is 11.1 Å². The number of carbonyl (C=O) groups excluding carboxylic acids is 1. The summed E-state index contributed by atoms with van der Waals surface area (Å²) in [6, 6.07) is 7.17. The first-order chi connectivity index (χ1) is 9.52. The third kappa shape index (κ3) is 3.23. The highest BCUT2D eigenvalue weighted by Gasteiger charge is 2.13. The van der Waals surface area contributed by atoms with Gasteiger partial charge in [-0.3, -0.25) is 4.79 Å². The largest absolute Gasteiger partial charge is 0.486 e. The molecular formula is C14H8Cl3FO2. The Kier molecular flexibility index (Phi) is 4.86. The lowest BCUT2D eigenvalue weighted by molar-refractivity contribution is 0.112. The Morgan fingerprint density at radius 3 is 2.30 bits per heavy atom. The summed E-state index contributed by atoms with van der Waals surface area (Å²) in [6.45, 7) is -0.120. The summed E-state index contributed by atoms with van der Waals surface area (Å²) >= 11 is 17.8. The number of ether oxygens (including phenoxy) is 1. The molecule has 0 bridgehead atoms. The quantitative estimate of drug-likeness (QED) is 0.721. The van der Waals surface area contributed by atoms with Crippen LogP contribution in [0.15, 0.2) is 30.3 Å². The minimum atomic E-state index is -0.478. The van der Waals surface area contributed by atoms with E-state index in [1.807, 2.05) is 0 Å². The van der Waals surface area contributed by atoms with Gasteiger partial charge in [-0.2, -0.15) is 0 Å². The second kappa shape index (κ2) is 6.44. The van der Waals surface area contributed by atoms with E-state index in [2.05, 4.69) is 0 Å². The van der Waals surface area contributed by atoms with E-state index >= 15 is 0 Å². The van der Waals surface area contributed by atoms with Gasteiger partial charge in [-0.15, -0.1) is 0 Å². The molecule has 0 aromatic heterocycles. The molecular weight excluding hydrogens is 326 g/mol. The number of hydrogen-bond acceptors (Lipinski definition) is 2. The van der Waals surface area contributed by atoms with E-state index < -0.39 is 5.82 Å². The molecule has 2 nitrogen and oxygen atoms in total. The fraction of sp³-hybridized carbons (Fsp3) is 0.0714. The Balaban J connectivity index is 2.26. The molecule has 0 fully saturated rings. The first-order valence-corrected chi connectivity index (χ1v) is 6.66. The van der Waals surface area contributed by atoms with Crippen LogP contribution in [0.3, 0.4) is 0 Å². The van der Waals surface area contributed by atoms with Crippen molar-refractivity contribution >= 4 is 41.1 Å². The van der Waals surface area contributed by atoms with E-state index in [-0.39, 0.29) is 33.0 Å². The van der Waals surface area contributed by atoms with Crippen molar-refractivity contribution in [1.29, 1.82) is 0 Å². The number of benzene rings is 2. The maximum absolute atomic E-state index is 13.6. The molecule has 2 aromatic carbocycles. The smallest absolute Gasteiger partial charge is 0.157 e. The van der Waals surface area contributed by atoms with Crippen molar-refractivity contribution in [3.8, 4) is 5.75 Å². The lowest BCUT2D eigenvalue weighted by Gasteiger charge is -2.12. The van der Waals surface area contributed by atoms with E-state index in [0.29, 0.717) is 11.8 Å². The SMILES string of the molecule is O=Cc1cc(Cl)c(OCc2c(F)cccc2Cl)c(Cl)c1. The number of halogens is 4. The molecule has 0 aliphatic rings. The zero-order chi connectivity index (χ0) is 14.7. The topological polar surface area (TPSA) is 26.3 Å². The number of rotatable bonds is 4. The predicted molar refractivity (Wildman–Crippen MR) is 77.6 cm³/mol. The van der Waals surface area contributed by atoms with E-state index in [4.69, 9.17) is 39.5 Å². The Labute approximate surface area is 130 Å². The minimum absolute atomic E-state index is 0.120. The monoisotopic (exact) mass is 332 g/mol. The van der Waals surface area contributed by atoms with Crippen LogP contribution in [0.2, 0.25) is 15.1 Å². The van der Waals surface area contributed by atoms with Crippen LogP contribution in [-0.2, 0) is 6.61 Å². The molecule has 2 rings (SSSR count). The van der Waals surface area contributed by atoms with Gasteiger partial charge in [-0.05, 0) is 24.3 Å². The molecule has 0 N–H and O–H groups in total. The molecule has 20 heavy (non-hydrogen) atoms. The third-order valence-electron chi connectivity index (χ3n) is 2.58. The van der Waals surface area contributed by atoms with Crippen LogP contribution in [0.1, 0.15) is 15.9 Å². The van der Waals surface area contributed by atoms with Gasteiger partial charge in [0.1, 0.15) is 18.7 Å². The predicted octanol–water partition coefficient (Wildman–Crippen LogP) is 5.18. The van der Waals surface area contributed by atoms with Crippen molar-refractivity contribution in [2.75, 3.05) is 0 Å². The molecule has 0 unspecified atom stereocenters. The van der Waals surface area contributed by atoms with Crippen LogP contribution in [0.25, 0.3) is 0 Å². The molecule has 0 saturated heterocycles. The summed E-state index contributed by atoms with van der Waals surface area (Å²) in [5, 5.41) is 0.598. The molecule has 104 valence electrons. The number of hydrogen-bond donors (Lipinski definition) is 0. The lowest BCUT2D eigenvalue weighted by atomic mass is 10.2. The highest BCUT2D eigenvalue weighted by atomic mass is 35.5. The Morgan fingerprint density at radius 1 is 1.10 bits per heavy atom. The van der Waals surface area contributed by atoms with Gasteiger partial charge >= 0.3 is 0 Å². The average Bonchev–Trinajstić information content (AvgIpc) is 2.40. The summed E-state index contributed by atoms with van der Waals surface area (Å²) in [7, 11) is 0. The average molecular weight is 334 g/mol. The number of aldehydes is 1. The van der Waals surface area contributed by atoms with Crippen LogP contribution in [0.4, 0.5) is 4.39 Å². The normalized spacial score (nSPS) is 10.4. The fourth-order valence-corrected chi connectivity index (χ4v) is 2.43. The van der Waals surface area contributed by atoms with Gasteiger partial charge in [0.05, 0.1) is 15.1 Å². The van der Waals surface area contributed by atoms with Crippen molar-refractivity contribution in [3.05, 3.63) is 62.3 Å². The molecule has 0 atom stereocenters. The van der Waals surface area contributed by atoms with Crippen LogP contribution < -0.4 is 4.74 Å². The first-order valence-electron chi connectivity index (χ1n) is 5.53. The molecule has 0 aliphatic carbocycles. The van der Waals surface area contributed by atoms with Gasteiger partial charge in [-0.25, -0.2) is 4.39 Å². The third-order valence-corrected chi connectivity index (χ3v) is 3.49. The van der Waals surface area contributed by atoms with Gasteiger partial charge in [0.2, 0.25) is 0 Å². The maximum atomic E-state index is 13.6. The van der Waals surface area contributed by atoms with Crippen LogP contribution in [0, 0.1) is 5.82 Å². The molecule has 0 spiro atoms. The molecule has 0 saturated carbocycles. The van der Waals surface area contributed by atoms with Crippen LogP contribution in [0.5, 0.6) is 5.75 Å². The minimum Gasteiger partial charge on any atom is -0.486 e. The Hall–Kier alpha value is -1.29. The van der Waals surface area contributed by atoms with Gasteiger partial charge in [0.15, 0.2) is 5.75 Å². The van der Waals surface area contributed by atoms with Crippen LogP contribution in [-0.4, -0.2) is 6.29 Å². The van der Waals surface area contributed by atoms with Gasteiger partial charge < -0.3 is 4.74 Å². The van der Waals surface area contributed by atoms with Crippen molar-refractivity contribution in [1.82, 2.24) is 0 Å². The van der Waals surface area contributed by atoms with Crippen molar-refractivity contribution in [2.45, 2.75) is 6.61 Å². The van der Waals surface area contributed by atoms with Gasteiger partial charge in [0.25, 0.3) is 0 Å². The molecule has 0 heterocycles. The fourth-order valence-electron chi connectivity index (χ4n) is 1.60. The zero-order valence-corrected chi connectivity index (χ0v) is 12.3. The highest BCUT2D eigenvalue weighted by Crippen LogP contribution is 2.35. The summed E-state index contributed by atoms with van der Waals surface area (Å²) in [6.07, 6.45) is 0.620. The van der Waals surface area contributed by atoms with E-state index in [1.54, 1.807) is 6.07 Å². The molecule has 2 aromatic rings. The Bertz CT molecular complexity index is 616. The molecule has 6 heteroatoms. The lowest BCUT2D eigenvalue weighted by Crippen LogP contribution is -2.01. The van der Waals surface area contributed by atoms with Crippen molar-refractivity contribution in [2.24, 2.45) is 0 Å². The van der Waals surface area contributed by atoms with Crippen molar-refractivity contribution in [3.63, 3.8) is 0 Å². The maximum Gasteiger partial charge on any atom is 0.157 e. The molecule has 0 aliphatic heterocycles. The summed E-state index contributed by atoms with van der Waals surface area (Å²) < 4.78 is 19.0.